The molecule has 0 saturated carbocycles. The molecule has 0 bridgehead atoms. The third kappa shape index (κ3) is 4.52. The quantitative estimate of drug-likeness (QED) is 0.608. The largest absolute Gasteiger partial charge is 0.481 e. The fourth-order valence-corrected chi connectivity index (χ4v) is 5.31. The van der Waals surface area contributed by atoms with E-state index in [0.29, 0.717) is 19.4 Å². The first-order valence-electron chi connectivity index (χ1n) is 12.0. The maximum Gasteiger partial charge on any atom is 0.407 e. The number of hydrogen-bond donors (Lipinski definition) is 2. The lowest BCUT2D eigenvalue weighted by atomic mass is 9.83. The molecule has 1 fully saturated rings. The minimum atomic E-state index is -0.857. The number of nitrogens with one attached hydrogen (secondary N) is 1. The fraction of sp³-hybridized carbons (Fsp3) is 0.444. The molecule has 1 heterocycles. The molecule has 1 aliphatic heterocycles. The first-order valence-corrected chi connectivity index (χ1v) is 12.0. The number of likely N-dealkylation sites (tertiary alicyclic amines) is 1. The summed E-state index contributed by atoms with van der Waals surface area (Å²) in [6.07, 6.45) is 1.22. The van der Waals surface area contributed by atoms with Crippen LogP contribution in [-0.2, 0) is 14.3 Å². The van der Waals surface area contributed by atoms with Gasteiger partial charge in [0.1, 0.15) is 6.61 Å². The molecule has 7 nitrogen and oxygen atoms in total. The monoisotopic (exact) mass is 464 g/mol. The highest BCUT2D eigenvalue weighted by molar-refractivity contribution is 5.83. The van der Waals surface area contributed by atoms with Crippen LogP contribution in [0.3, 0.4) is 0 Å². The lowest BCUT2D eigenvalue weighted by Gasteiger charge is -2.25. The Morgan fingerprint density at radius 2 is 1.74 bits per heavy atom. The summed E-state index contributed by atoms with van der Waals surface area (Å²) in [5.74, 6) is -1.47. The average Bonchev–Trinajstić information content (AvgIpc) is 3.41. The van der Waals surface area contributed by atoms with Crippen LogP contribution in [0.4, 0.5) is 4.79 Å². The van der Waals surface area contributed by atoms with E-state index in [2.05, 4.69) is 29.6 Å². The van der Waals surface area contributed by atoms with E-state index in [4.69, 9.17) is 4.74 Å². The van der Waals surface area contributed by atoms with Crippen molar-refractivity contribution in [3.63, 3.8) is 0 Å². The van der Waals surface area contributed by atoms with Crippen LogP contribution in [0.5, 0.6) is 0 Å². The molecule has 0 radical (unpaired) electrons. The van der Waals surface area contributed by atoms with Crippen LogP contribution in [0, 0.1) is 11.3 Å². The number of fused-ring (bicyclic) bond motifs is 3. The van der Waals surface area contributed by atoms with Crippen molar-refractivity contribution in [2.75, 3.05) is 26.2 Å². The topological polar surface area (TPSA) is 95.9 Å². The Labute approximate surface area is 200 Å². The summed E-state index contributed by atoms with van der Waals surface area (Å²) in [5.41, 5.74) is 3.76. The Balaban J connectivity index is 1.29. The average molecular weight is 465 g/mol. The van der Waals surface area contributed by atoms with E-state index in [1.807, 2.05) is 31.2 Å². The second-order valence-electron chi connectivity index (χ2n) is 9.45. The van der Waals surface area contributed by atoms with Gasteiger partial charge < -0.3 is 20.1 Å². The molecule has 2 aromatic rings. The molecule has 7 heteroatoms. The molecule has 2 unspecified atom stereocenters. The third-order valence-corrected chi connectivity index (χ3v) is 7.17. The van der Waals surface area contributed by atoms with E-state index in [1.165, 1.54) is 0 Å². The second kappa shape index (κ2) is 9.87. The van der Waals surface area contributed by atoms with E-state index in [1.54, 1.807) is 11.8 Å². The van der Waals surface area contributed by atoms with Crippen LogP contribution in [0.25, 0.3) is 11.1 Å². The van der Waals surface area contributed by atoms with Gasteiger partial charge in [-0.1, -0.05) is 68.8 Å². The van der Waals surface area contributed by atoms with Crippen molar-refractivity contribution in [3.8, 4) is 11.1 Å². The van der Waals surface area contributed by atoms with Crippen LogP contribution in [0.2, 0.25) is 0 Å². The predicted octanol–water partition coefficient (Wildman–Crippen LogP) is 4.26. The third-order valence-electron chi connectivity index (χ3n) is 7.17. The molecular weight excluding hydrogens is 432 g/mol. The molecule has 2 aromatic carbocycles. The molecule has 2 amide bonds. The molecule has 0 spiro atoms. The SMILES string of the molecule is CCCC1(C(=O)O)CCN(C(=O)C(C)CNC(=O)OCC2c3ccccc3-c3ccccc32)C1. The number of ether oxygens (including phenoxy) is 1. The Bertz CT molecular complexity index is 1040. The number of carboxylic acids is 1. The summed E-state index contributed by atoms with van der Waals surface area (Å²) in [5, 5.41) is 12.4. The predicted molar refractivity (Wildman–Crippen MR) is 128 cm³/mol. The van der Waals surface area contributed by atoms with Gasteiger partial charge in [0.05, 0.1) is 11.3 Å². The maximum absolute atomic E-state index is 12.9. The van der Waals surface area contributed by atoms with Crippen molar-refractivity contribution in [1.82, 2.24) is 10.2 Å². The van der Waals surface area contributed by atoms with Crippen molar-refractivity contribution >= 4 is 18.0 Å². The second-order valence-corrected chi connectivity index (χ2v) is 9.45. The van der Waals surface area contributed by atoms with Crippen LogP contribution in [0.15, 0.2) is 48.5 Å². The highest BCUT2D eigenvalue weighted by atomic mass is 16.5. The molecular formula is C27H32N2O5. The summed E-state index contributed by atoms with van der Waals surface area (Å²) >= 11 is 0. The molecule has 34 heavy (non-hydrogen) atoms. The van der Waals surface area contributed by atoms with Crippen molar-refractivity contribution in [2.45, 2.75) is 39.0 Å². The van der Waals surface area contributed by atoms with Crippen molar-refractivity contribution in [3.05, 3.63) is 59.7 Å². The summed E-state index contributed by atoms with van der Waals surface area (Å²) in [4.78, 5) is 38.7. The first kappa shape index (κ1) is 23.8. The smallest absolute Gasteiger partial charge is 0.407 e. The summed E-state index contributed by atoms with van der Waals surface area (Å²) in [7, 11) is 0. The van der Waals surface area contributed by atoms with Gasteiger partial charge in [-0.3, -0.25) is 9.59 Å². The number of rotatable bonds is 8. The number of carbonyl (C=O) groups excluding carboxylic acids is 2. The van der Waals surface area contributed by atoms with Gasteiger partial charge >= 0.3 is 12.1 Å². The first-order chi connectivity index (χ1) is 16.4. The molecule has 2 aliphatic rings. The number of aliphatic carboxylic acids is 1. The van der Waals surface area contributed by atoms with Crippen molar-refractivity contribution in [2.24, 2.45) is 11.3 Å². The maximum atomic E-state index is 12.9. The molecule has 2 atom stereocenters. The number of hydrogen-bond acceptors (Lipinski definition) is 4. The van der Waals surface area contributed by atoms with Crippen LogP contribution in [-0.4, -0.2) is 54.2 Å². The Hall–Kier alpha value is -3.35. The zero-order valence-corrected chi connectivity index (χ0v) is 19.8. The zero-order chi connectivity index (χ0) is 24.3. The number of amides is 2. The summed E-state index contributed by atoms with van der Waals surface area (Å²) in [6, 6.07) is 16.3. The normalized spacial score (nSPS) is 19.9. The Morgan fingerprint density at radius 3 is 2.32 bits per heavy atom. The highest BCUT2D eigenvalue weighted by Gasteiger charge is 2.45. The molecule has 1 saturated heterocycles. The number of carboxylic acid groups (broad SMARTS) is 1. The minimum absolute atomic E-state index is 0.0236. The molecule has 1 aliphatic carbocycles. The summed E-state index contributed by atoms with van der Waals surface area (Å²) < 4.78 is 5.54. The molecule has 0 aromatic heterocycles. The number of carbonyl (C=O) groups is 3. The Kier molecular flexibility index (Phi) is 6.91. The number of alkyl carbamates (subject to hydrolysis) is 1. The van der Waals surface area contributed by atoms with Crippen LogP contribution in [0.1, 0.15) is 50.2 Å². The van der Waals surface area contributed by atoms with Gasteiger partial charge in [0.2, 0.25) is 5.91 Å². The van der Waals surface area contributed by atoms with Gasteiger partial charge in [0.15, 0.2) is 0 Å². The van der Waals surface area contributed by atoms with Gasteiger partial charge in [0.25, 0.3) is 0 Å². The van der Waals surface area contributed by atoms with Gasteiger partial charge in [-0.05, 0) is 35.1 Å². The Morgan fingerprint density at radius 1 is 1.12 bits per heavy atom. The van der Waals surface area contributed by atoms with Gasteiger partial charge in [-0.25, -0.2) is 4.79 Å². The van der Waals surface area contributed by atoms with E-state index in [0.717, 1.165) is 28.7 Å². The standard InChI is InChI=1S/C27H32N2O5/c1-3-12-27(25(31)32)13-14-29(17-27)24(30)18(2)15-28-26(33)34-16-23-21-10-6-4-8-19(21)20-9-5-7-11-22(20)23/h4-11,18,23H,3,12-17H2,1-2H3,(H,28,33)(H,31,32). The van der Waals surface area contributed by atoms with Crippen molar-refractivity contribution in [1.29, 1.82) is 0 Å². The van der Waals surface area contributed by atoms with Crippen LogP contribution >= 0.6 is 0 Å². The van der Waals surface area contributed by atoms with E-state index in [-0.39, 0.29) is 31.5 Å². The van der Waals surface area contributed by atoms with Crippen LogP contribution < -0.4 is 5.32 Å². The van der Waals surface area contributed by atoms with E-state index < -0.39 is 23.4 Å². The number of nitrogens with zero attached hydrogens (tertiary/aromatic N) is 1. The summed E-state index contributed by atoms with van der Waals surface area (Å²) in [6.45, 7) is 4.71. The van der Waals surface area contributed by atoms with E-state index >= 15 is 0 Å². The van der Waals surface area contributed by atoms with Gasteiger partial charge in [-0.2, -0.15) is 0 Å². The minimum Gasteiger partial charge on any atom is -0.481 e. The molecule has 2 N–H and O–H groups in total. The van der Waals surface area contributed by atoms with Gasteiger partial charge in [0, 0.05) is 25.6 Å². The fourth-order valence-electron chi connectivity index (χ4n) is 5.31. The zero-order valence-electron chi connectivity index (χ0n) is 19.8. The number of benzene rings is 2. The van der Waals surface area contributed by atoms with Crippen molar-refractivity contribution < 1.29 is 24.2 Å². The lowest BCUT2D eigenvalue weighted by molar-refractivity contribution is -0.149. The van der Waals surface area contributed by atoms with Gasteiger partial charge in [-0.15, -0.1) is 0 Å². The van der Waals surface area contributed by atoms with E-state index in [9.17, 15) is 19.5 Å². The highest BCUT2D eigenvalue weighted by Crippen LogP contribution is 2.44. The molecule has 180 valence electrons. The molecule has 4 rings (SSSR count). The lowest BCUT2D eigenvalue weighted by Crippen LogP contribution is -2.42.